The molecule has 1 heterocycles. The van der Waals surface area contributed by atoms with E-state index in [4.69, 9.17) is 4.74 Å². The van der Waals surface area contributed by atoms with Crippen LogP contribution < -0.4 is 9.04 Å². The zero-order valence-electron chi connectivity index (χ0n) is 27.5. The number of Topliss-reactive ketones (excluding diaryl/α,β-unsaturated/α-hetero) is 1. The Kier molecular flexibility index (Phi) is 7.38. The molecule has 42 heavy (non-hydrogen) atoms. The van der Waals surface area contributed by atoms with E-state index >= 15 is 0 Å². The Labute approximate surface area is 252 Å². The molecule has 0 aromatic heterocycles. The van der Waals surface area contributed by atoms with Crippen LogP contribution in [0.5, 0.6) is 11.5 Å². The summed E-state index contributed by atoms with van der Waals surface area (Å²) in [6.45, 7) is 25.7. The average molecular weight is 594 g/mol. The lowest BCUT2D eigenvalue weighted by Crippen LogP contribution is -2.45. The first-order chi connectivity index (χ1) is 18.9. The molecule has 0 radical (unpaired) electrons. The predicted octanol–water partition coefficient (Wildman–Crippen LogP) is 8.31. The van der Waals surface area contributed by atoms with Crippen molar-refractivity contribution >= 4 is 21.5 Å². The number of rotatable bonds is 2. The number of ketones is 1. The molecule has 0 spiro atoms. The third kappa shape index (κ3) is 5.18. The van der Waals surface area contributed by atoms with Gasteiger partial charge in [0.15, 0.2) is 17.3 Å². The number of aryl methyl sites for hydroxylation is 1. The highest BCUT2D eigenvalue weighted by Gasteiger charge is 2.51. The minimum absolute atomic E-state index is 0.00878. The van der Waals surface area contributed by atoms with Crippen molar-refractivity contribution in [1.29, 1.82) is 0 Å². The molecule has 7 heteroatoms. The summed E-state index contributed by atoms with van der Waals surface area (Å²) >= 11 is 0. The Bertz CT molecular complexity index is 1630. The molecule has 4 rings (SSSR count). The van der Waals surface area contributed by atoms with Crippen LogP contribution in [0.1, 0.15) is 99.8 Å². The largest absolute Gasteiger partial charge is 0.505 e. The van der Waals surface area contributed by atoms with Crippen LogP contribution in [0.3, 0.4) is 0 Å². The Morgan fingerprint density at radius 1 is 0.833 bits per heavy atom. The van der Waals surface area contributed by atoms with E-state index in [1.807, 2.05) is 95.2 Å². The SMILES string of the molecule is Cc1ccccc1S(=O)(=O)N1C2=C(Oc3c(C(C)(C)C)cc(C(C)(C)C)c(O)c31)C(C(C)(C)C)=CC(C(C)(C)C)C2=O. The number of allylic oxidation sites excluding steroid dienone is 3. The van der Waals surface area contributed by atoms with Crippen molar-refractivity contribution in [2.75, 3.05) is 4.31 Å². The molecule has 1 N–H and O–H groups in total. The number of benzene rings is 2. The third-order valence-corrected chi connectivity index (χ3v) is 9.98. The van der Waals surface area contributed by atoms with E-state index in [1.165, 1.54) is 0 Å². The number of nitrogens with zero attached hydrogens (tertiary/aromatic N) is 1. The number of hydrogen-bond donors (Lipinski definition) is 1. The smallest absolute Gasteiger partial charge is 0.269 e. The number of phenolic OH excluding ortho intramolecular Hbond substituents is 1. The number of ether oxygens (including phenoxy) is 1. The van der Waals surface area contributed by atoms with Gasteiger partial charge in [0, 0.05) is 17.0 Å². The van der Waals surface area contributed by atoms with Gasteiger partial charge in [-0.3, -0.25) is 4.79 Å². The number of carbonyl (C=O) groups is 1. The first kappa shape index (κ1) is 31.9. The lowest BCUT2D eigenvalue weighted by molar-refractivity contribution is -0.120. The minimum Gasteiger partial charge on any atom is -0.505 e. The normalized spacial score (nSPS) is 18.4. The molecule has 0 bridgehead atoms. The first-order valence-corrected chi connectivity index (χ1v) is 16.0. The fourth-order valence-corrected chi connectivity index (χ4v) is 7.44. The fourth-order valence-electron chi connectivity index (χ4n) is 5.69. The highest BCUT2D eigenvalue weighted by atomic mass is 32.2. The number of fused-ring (bicyclic) bond motifs is 1. The Morgan fingerprint density at radius 2 is 1.38 bits per heavy atom. The van der Waals surface area contributed by atoms with E-state index in [0.717, 1.165) is 15.4 Å². The molecule has 0 saturated heterocycles. The highest BCUT2D eigenvalue weighted by Crippen LogP contribution is 2.57. The summed E-state index contributed by atoms with van der Waals surface area (Å²) in [5.74, 6) is -0.695. The number of hydrogen-bond acceptors (Lipinski definition) is 5. The van der Waals surface area contributed by atoms with E-state index in [9.17, 15) is 18.3 Å². The van der Waals surface area contributed by atoms with Crippen LogP contribution in [0.4, 0.5) is 5.69 Å². The molecule has 2 aromatic rings. The quantitative estimate of drug-likeness (QED) is 0.379. The summed E-state index contributed by atoms with van der Waals surface area (Å²) in [4.78, 5) is 14.6. The van der Waals surface area contributed by atoms with Gasteiger partial charge in [0.05, 0.1) is 4.90 Å². The molecular weight excluding hydrogens is 546 g/mol. The predicted molar refractivity (Wildman–Crippen MR) is 169 cm³/mol. The topological polar surface area (TPSA) is 83.9 Å². The van der Waals surface area contributed by atoms with Crippen molar-refractivity contribution in [3.05, 3.63) is 70.1 Å². The summed E-state index contributed by atoms with van der Waals surface area (Å²) < 4.78 is 37.7. The maximum atomic E-state index is 14.9. The van der Waals surface area contributed by atoms with E-state index < -0.39 is 37.6 Å². The van der Waals surface area contributed by atoms with Crippen LogP contribution in [0, 0.1) is 23.7 Å². The van der Waals surface area contributed by atoms with Crippen molar-refractivity contribution < 1.29 is 23.1 Å². The van der Waals surface area contributed by atoms with Crippen molar-refractivity contribution in [2.24, 2.45) is 16.7 Å². The van der Waals surface area contributed by atoms with Crippen LogP contribution in [-0.4, -0.2) is 19.3 Å². The van der Waals surface area contributed by atoms with Gasteiger partial charge in [0.25, 0.3) is 10.0 Å². The second-order valence-corrected chi connectivity index (χ2v) is 17.6. The number of sulfonamides is 1. The summed E-state index contributed by atoms with van der Waals surface area (Å²) in [6.07, 6.45) is 1.95. The Balaban J connectivity index is 2.27. The molecule has 1 aliphatic heterocycles. The van der Waals surface area contributed by atoms with Gasteiger partial charge in [0.1, 0.15) is 17.1 Å². The molecule has 6 nitrogen and oxygen atoms in total. The molecule has 2 aromatic carbocycles. The van der Waals surface area contributed by atoms with Gasteiger partial charge in [-0.1, -0.05) is 107 Å². The summed E-state index contributed by atoms with van der Waals surface area (Å²) in [6, 6.07) is 8.65. The lowest BCUT2D eigenvalue weighted by Gasteiger charge is -2.44. The van der Waals surface area contributed by atoms with Crippen LogP contribution >= 0.6 is 0 Å². The van der Waals surface area contributed by atoms with Crippen molar-refractivity contribution in [1.82, 2.24) is 0 Å². The van der Waals surface area contributed by atoms with Gasteiger partial charge in [-0.25, -0.2) is 12.7 Å². The summed E-state index contributed by atoms with van der Waals surface area (Å²) in [7, 11) is -4.41. The molecular formula is C35H47NO5S. The molecule has 1 unspecified atom stereocenters. The average Bonchev–Trinajstić information content (AvgIpc) is 2.80. The van der Waals surface area contributed by atoms with Crippen LogP contribution in [-0.2, 0) is 25.6 Å². The maximum Gasteiger partial charge on any atom is 0.269 e. The van der Waals surface area contributed by atoms with Gasteiger partial charge in [-0.05, 0) is 51.9 Å². The fraction of sp³-hybridized carbons (Fsp3) is 0.514. The zero-order valence-corrected chi connectivity index (χ0v) is 28.3. The summed E-state index contributed by atoms with van der Waals surface area (Å²) in [5, 5.41) is 12.0. The molecule has 0 saturated carbocycles. The van der Waals surface area contributed by atoms with Crippen molar-refractivity contribution in [3.63, 3.8) is 0 Å². The van der Waals surface area contributed by atoms with Gasteiger partial charge in [-0.2, -0.15) is 0 Å². The van der Waals surface area contributed by atoms with Gasteiger partial charge >= 0.3 is 0 Å². The summed E-state index contributed by atoms with van der Waals surface area (Å²) in [5.41, 5.74) is 0.557. The number of anilines is 1. The van der Waals surface area contributed by atoms with Gasteiger partial charge in [-0.15, -0.1) is 0 Å². The first-order valence-electron chi connectivity index (χ1n) is 14.6. The number of carbonyl (C=O) groups excluding carboxylic acids is 1. The van der Waals surface area contributed by atoms with E-state index in [0.29, 0.717) is 11.1 Å². The monoisotopic (exact) mass is 593 g/mol. The molecule has 1 aliphatic carbocycles. The minimum atomic E-state index is -4.41. The van der Waals surface area contributed by atoms with Gasteiger partial charge in [0.2, 0.25) is 0 Å². The number of aromatic hydroxyl groups is 1. The second-order valence-electron chi connectivity index (χ2n) is 15.9. The van der Waals surface area contributed by atoms with E-state index in [-0.39, 0.29) is 39.3 Å². The van der Waals surface area contributed by atoms with Crippen LogP contribution in [0.25, 0.3) is 0 Å². The Hall–Kier alpha value is -3.06. The van der Waals surface area contributed by atoms with Gasteiger partial charge < -0.3 is 9.84 Å². The van der Waals surface area contributed by atoms with Crippen LogP contribution in [0.15, 0.2) is 58.3 Å². The van der Waals surface area contributed by atoms with Crippen molar-refractivity contribution in [2.45, 2.75) is 106 Å². The van der Waals surface area contributed by atoms with Crippen LogP contribution in [0.2, 0.25) is 0 Å². The third-order valence-electron chi connectivity index (χ3n) is 8.12. The molecule has 1 atom stereocenters. The van der Waals surface area contributed by atoms with Crippen molar-refractivity contribution in [3.8, 4) is 11.5 Å². The zero-order chi connectivity index (χ0) is 32.0. The molecule has 0 amide bonds. The lowest BCUT2D eigenvalue weighted by atomic mass is 9.70. The maximum absolute atomic E-state index is 14.9. The highest BCUT2D eigenvalue weighted by molar-refractivity contribution is 7.93. The standard InChI is InChI=1S/C35H47NO5S/c1-20-16-14-15-17-25(20)42(39,40)36-26-28(37)21(32(2,3)4)18-23(34(8,9)10)30(26)41-31-24(35(11,12)13)19-22(33(5,6)7)29(38)27(31)36/h14-19,21,38H,1-13H3. The Morgan fingerprint density at radius 3 is 1.86 bits per heavy atom. The number of phenols is 1. The molecule has 228 valence electrons. The second kappa shape index (κ2) is 9.73. The molecule has 0 fully saturated rings. The molecule has 2 aliphatic rings. The van der Waals surface area contributed by atoms with E-state index in [1.54, 1.807) is 31.2 Å². The van der Waals surface area contributed by atoms with E-state index in [2.05, 4.69) is 0 Å².